The number of esters is 1. The molecule has 0 radical (unpaired) electrons. The fourth-order valence-corrected chi connectivity index (χ4v) is 5.57. The van der Waals surface area contributed by atoms with E-state index in [-0.39, 0.29) is 18.6 Å². The van der Waals surface area contributed by atoms with Crippen molar-refractivity contribution in [1.29, 1.82) is 0 Å². The largest absolute Gasteiger partial charge is 0.486 e. The molecule has 3 aliphatic heterocycles. The summed E-state index contributed by atoms with van der Waals surface area (Å²) in [6.07, 6.45) is 1.88. The van der Waals surface area contributed by atoms with Gasteiger partial charge in [-0.3, -0.25) is 9.59 Å². The van der Waals surface area contributed by atoms with Gasteiger partial charge in [0.15, 0.2) is 17.1 Å². The smallest absolute Gasteiger partial charge is 0.343 e. The van der Waals surface area contributed by atoms with Crippen LogP contribution < -0.4 is 20.3 Å². The fourth-order valence-electron chi connectivity index (χ4n) is 5.57. The highest BCUT2D eigenvalue weighted by Crippen LogP contribution is 2.42. The van der Waals surface area contributed by atoms with E-state index in [0.717, 1.165) is 48.3 Å². The Hall–Kier alpha value is -3.96. The van der Waals surface area contributed by atoms with Gasteiger partial charge in [-0.2, -0.15) is 0 Å². The summed E-state index contributed by atoms with van der Waals surface area (Å²) in [4.78, 5) is 40.1. The van der Waals surface area contributed by atoms with E-state index in [1.807, 2.05) is 12.1 Å². The van der Waals surface area contributed by atoms with Crippen LogP contribution in [0.4, 0.5) is 0 Å². The Morgan fingerprint density at radius 2 is 1.80 bits per heavy atom. The summed E-state index contributed by atoms with van der Waals surface area (Å²) < 4.78 is 18.6. The number of nitrogens with zero attached hydrogens (tertiary/aromatic N) is 2. The predicted molar refractivity (Wildman–Crippen MR) is 150 cm³/mol. The first-order valence-electron chi connectivity index (χ1n) is 13.9. The molecule has 0 spiro atoms. The summed E-state index contributed by atoms with van der Waals surface area (Å²) in [5.74, 6) is -0.209. The molecule has 3 aromatic rings. The molecule has 5 heterocycles. The highest BCUT2D eigenvalue weighted by Gasteiger charge is 2.45. The second-order valence-corrected chi connectivity index (χ2v) is 10.6. The van der Waals surface area contributed by atoms with Crippen molar-refractivity contribution in [3.05, 3.63) is 50.8 Å². The molecule has 6 rings (SSSR count). The number of hydrogen-bond donors (Lipinski definition) is 3. The van der Waals surface area contributed by atoms with Crippen LogP contribution in [0.25, 0.3) is 22.3 Å². The minimum Gasteiger partial charge on any atom is -0.486 e. The Bertz CT molecular complexity index is 1590. The Morgan fingerprint density at radius 1 is 1.12 bits per heavy atom. The molecule has 0 aliphatic carbocycles. The lowest BCUT2D eigenvalue weighted by atomic mass is 9.86. The van der Waals surface area contributed by atoms with Crippen molar-refractivity contribution < 1.29 is 34.0 Å². The Balaban J connectivity index is 0.000000794. The summed E-state index contributed by atoms with van der Waals surface area (Å²) in [7, 11) is 0. The van der Waals surface area contributed by atoms with E-state index in [1.165, 1.54) is 0 Å². The number of ether oxygens (including phenoxy) is 3. The number of aromatic nitrogens is 2. The van der Waals surface area contributed by atoms with E-state index in [0.29, 0.717) is 59.8 Å². The van der Waals surface area contributed by atoms with E-state index in [9.17, 15) is 14.7 Å². The van der Waals surface area contributed by atoms with Crippen molar-refractivity contribution in [2.75, 3.05) is 19.8 Å². The van der Waals surface area contributed by atoms with Gasteiger partial charge in [-0.05, 0) is 50.4 Å². The van der Waals surface area contributed by atoms with E-state index >= 15 is 0 Å². The van der Waals surface area contributed by atoms with Gasteiger partial charge in [-0.15, -0.1) is 0 Å². The number of carboxylic acids is 1. The quantitative estimate of drug-likeness (QED) is 0.298. The van der Waals surface area contributed by atoms with Gasteiger partial charge >= 0.3 is 5.97 Å². The number of pyridine rings is 2. The standard InChI is InChI=1S/C28H31N3O6.C2H4O2/c1-4-15(3)29-7-6-16-17-10-23-24(36-9-8-35-23)12-21(17)30-25-18(16)13-31-22(25)11-20-19(26(31)32)14-37-27(33)28(20,34)5-2;1-2(3)4/h10-12,15,29,34H,4-9,13-14H2,1-3H3;1H3,(H,3,4). The third-order valence-corrected chi connectivity index (χ3v) is 7.95. The van der Waals surface area contributed by atoms with Gasteiger partial charge < -0.3 is 34.3 Å². The van der Waals surface area contributed by atoms with Gasteiger partial charge in [0.1, 0.15) is 19.8 Å². The third kappa shape index (κ3) is 5.04. The SMILES string of the molecule is CC(=O)O.CCC(C)NCCc1c2c(nc3cc4c(cc13)OCCO4)-c1cc3c(c(=O)n1C2)COC(=O)C3(O)CC. The minimum absolute atomic E-state index is 0.107. The minimum atomic E-state index is -1.85. The zero-order valence-corrected chi connectivity index (χ0v) is 23.7. The van der Waals surface area contributed by atoms with Gasteiger partial charge in [-0.1, -0.05) is 13.8 Å². The summed E-state index contributed by atoms with van der Waals surface area (Å²) in [5.41, 5.74) is 2.66. The monoisotopic (exact) mass is 565 g/mol. The third-order valence-electron chi connectivity index (χ3n) is 7.95. The number of nitrogens with one attached hydrogen (secondary N) is 1. The van der Waals surface area contributed by atoms with Gasteiger partial charge in [0, 0.05) is 35.5 Å². The molecule has 1 aromatic carbocycles. The topological polar surface area (TPSA) is 149 Å². The van der Waals surface area contributed by atoms with Crippen molar-refractivity contribution in [3.8, 4) is 22.9 Å². The average molecular weight is 566 g/mol. The lowest BCUT2D eigenvalue weighted by Gasteiger charge is -2.31. The van der Waals surface area contributed by atoms with Crippen LogP contribution in [0.2, 0.25) is 0 Å². The van der Waals surface area contributed by atoms with Crippen molar-refractivity contribution in [2.24, 2.45) is 0 Å². The molecule has 41 heavy (non-hydrogen) atoms. The van der Waals surface area contributed by atoms with Crippen molar-refractivity contribution in [2.45, 2.75) is 71.8 Å². The summed E-state index contributed by atoms with van der Waals surface area (Å²) in [6, 6.07) is 6.04. The van der Waals surface area contributed by atoms with Gasteiger partial charge in [0.05, 0.1) is 29.0 Å². The molecule has 0 saturated heterocycles. The molecule has 2 unspecified atom stereocenters. The number of carbonyl (C=O) groups is 2. The Morgan fingerprint density at radius 3 is 2.46 bits per heavy atom. The van der Waals surface area contributed by atoms with Crippen LogP contribution in [0, 0.1) is 0 Å². The first-order valence-corrected chi connectivity index (χ1v) is 13.9. The number of carbonyl (C=O) groups excluding carboxylic acids is 1. The van der Waals surface area contributed by atoms with Crippen LogP contribution in [0.5, 0.6) is 11.5 Å². The second kappa shape index (κ2) is 11.1. The highest BCUT2D eigenvalue weighted by molar-refractivity contribution is 5.91. The molecule has 0 amide bonds. The number of aliphatic hydroxyl groups is 1. The molecule has 0 saturated carbocycles. The first kappa shape index (κ1) is 28.6. The molecule has 11 heteroatoms. The highest BCUT2D eigenvalue weighted by atomic mass is 16.6. The van der Waals surface area contributed by atoms with Crippen LogP contribution in [-0.4, -0.2) is 57.5 Å². The number of cyclic esters (lactones) is 1. The van der Waals surface area contributed by atoms with E-state index < -0.39 is 17.5 Å². The molecule has 218 valence electrons. The first-order chi connectivity index (χ1) is 19.6. The van der Waals surface area contributed by atoms with Gasteiger partial charge in [0.2, 0.25) is 0 Å². The number of benzene rings is 1. The molecule has 11 nitrogen and oxygen atoms in total. The summed E-state index contributed by atoms with van der Waals surface area (Å²) in [5, 5.41) is 23.1. The normalized spacial score (nSPS) is 18.9. The molecular weight excluding hydrogens is 530 g/mol. The molecular formula is C30H35N3O8. The lowest BCUT2D eigenvalue weighted by Crippen LogP contribution is -2.44. The number of rotatable bonds is 6. The molecule has 3 aliphatic rings. The van der Waals surface area contributed by atoms with Crippen LogP contribution >= 0.6 is 0 Å². The maximum Gasteiger partial charge on any atom is 0.343 e. The average Bonchev–Trinajstić information content (AvgIpc) is 3.32. The van der Waals surface area contributed by atoms with E-state index in [1.54, 1.807) is 17.6 Å². The molecule has 0 fully saturated rings. The van der Waals surface area contributed by atoms with Crippen LogP contribution in [0.3, 0.4) is 0 Å². The van der Waals surface area contributed by atoms with Crippen molar-refractivity contribution in [3.63, 3.8) is 0 Å². The van der Waals surface area contributed by atoms with Crippen LogP contribution in [0.15, 0.2) is 23.0 Å². The number of carboxylic acid groups (broad SMARTS) is 1. The molecule has 3 N–H and O–H groups in total. The Labute approximate surface area is 237 Å². The van der Waals surface area contributed by atoms with Crippen molar-refractivity contribution >= 4 is 22.8 Å². The number of hydrogen-bond acceptors (Lipinski definition) is 9. The van der Waals surface area contributed by atoms with Gasteiger partial charge in [0.25, 0.3) is 11.5 Å². The maximum absolute atomic E-state index is 13.6. The molecule has 2 atom stereocenters. The van der Waals surface area contributed by atoms with Crippen LogP contribution in [0.1, 0.15) is 62.8 Å². The maximum atomic E-state index is 13.6. The fraction of sp³-hybridized carbons (Fsp3) is 0.467. The summed E-state index contributed by atoms with van der Waals surface area (Å²) in [6.45, 7) is 9.07. The predicted octanol–water partition coefficient (Wildman–Crippen LogP) is 2.87. The van der Waals surface area contributed by atoms with E-state index in [2.05, 4.69) is 19.2 Å². The zero-order chi connectivity index (χ0) is 29.5. The number of aliphatic carboxylic acids is 1. The molecule has 2 aromatic heterocycles. The lowest BCUT2D eigenvalue weighted by molar-refractivity contribution is -0.172. The number of fused-ring (bicyclic) bond motifs is 6. The van der Waals surface area contributed by atoms with Crippen molar-refractivity contribution in [1.82, 2.24) is 14.9 Å². The molecule has 0 bridgehead atoms. The zero-order valence-electron chi connectivity index (χ0n) is 23.7. The van der Waals surface area contributed by atoms with Gasteiger partial charge in [-0.25, -0.2) is 9.78 Å². The Kier molecular flexibility index (Phi) is 7.76. The summed E-state index contributed by atoms with van der Waals surface area (Å²) >= 11 is 0. The van der Waals surface area contributed by atoms with E-state index in [4.69, 9.17) is 29.1 Å². The second-order valence-electron chi connectivity index (χ2n) is 10.6. The van der Waals surface area contributed by atoms with Crippen LogP contribution in [-0.2, 0) is 39.5 Å².